The van der Waals surface area contributed by atoms with E-state index < -0.39 is 11.3 Å². The molecule has 1 heterocycles. The van der Waals surface area contributed by atoms with E-state index in [9.17, 15) is 4.79 Å². The van der Waals surface area contributed by atoms with E-state index in [1.165, 1.54) is 11.8 Å². The molecule has 0 radical (unpaired) electrons. The number of ether oxygens (including phenoxy) is 1. The third kappa shape index (κ3) is 2.75. The average Bonchev–Trinajstić information content (AvgIpc) is 2.78. The van der Waals surface area contributed by atoms with Gasteiger partial charge < -0.3 is 9.84 Å². The minimum Gasteiger partial charge on any atom is -0.496 e. The van der Waals surface area contributed by atoms with Gasteiger partial charge in [0.15, 0.2) is 5.37 Å². The summed E-state index contributed by atoms with van der Waals surface area (Å²) >= 11 is 4.81. The topological polar surface area (TPSA) is 58.6 Å². The molecule has 1 aliphatic heterocycles. The summed E-state index contributed by atoms with van der Waals surface area (Å²) < 4.78 is 6.25. The zero-order valence-electron chi connectivity index (χ0n) is 9.14. The van der Waals surface area contributed by atoms with E-state index in [1.54, 1.807) is 7.11 Å². The molecule has 0 unspecified atom stereocenters. The van der Waals surface area contributed by atoms with Crippen LogP contribution in [-0.4, -0.2) is 29.3 Å². The maximum absolute atomic E-state index is 10.9. The second-order valence-electron chi connectivity index (χ2n) is 3.66. The van der Waals surface area contributed by atoms with Gasteiger partial charge in [-0.1, -0.05) is 15.9 Å². The average molecular weight is 318 g/mol. The fourth-order valence-electron chi connectivity index (χ4n) is 1.77. The summed E-state index contributed by atoms with van der Waals surface area (Å²) in [7, 11) is 1.61. The minimum absolute atomic E-state index is 0.00792. The molecule has 0 saturated carbocycles. The number of aliphatic carboxylic acids is 1. The van der Waals surface area contributed by atoms with Gasteiger partial charge in [-0.25, -0.2) is 4.79 Å². The third-order valence-electron chi connectivity index (χ3n) is 2.57. The summed E-state index contributed by atoms with van der Waals surface area (Å²) in [5.41, 5.74) is 0.984. The first kappa shape index (κ1) is 12.7. The van der Waals surface area contributed by atoms with Crippen molar-refractivity contribution in [3.05, 3.63) is 28.2 Å². The largest absolute Gasteiger partial charge is 0.496 e. The Morgan fingerprint density at radius 2 is 2.41 bits per heavy atom. The highest BCUT2D eigenvalue weighted by molar-refractivity contribution is 9.10. The standard InChI is InChI=1S/C11H12BrNO3S/c1-16-9-3-2-6(12)4-7(9)8-5-17-10(13-8)11(14)15/h2-4,8,10,13H,5H2,1H3,(H,14,15)/t8-,10+/m0/s1. The van der Waals surface area contributed by atoms with Crippen LogP contribution in [0, 0.1) is 0 Å². The highest BCUT2D eigenvalue weighted by atomic mass is 79.9. The Bertz CT molecular complexity index is 441. The molecule has 6 heteroatoms. The van der Waals surface area contributed by atoms with Crippen molar-refractivity contribution in [3.8, 4) is 5.75 Å². The molecule has 0 bridgehead atoms. The van der Waals surface area contributed by atoms with Crippen LogP contribution in [-0.2, 0) is 4.79 Å². The van der Waals surface area contributed by atoms with E-state index >= 15 is 0 Å². The molecule has 0 spiro atoms. The highest BCUT2D eigenvalue weighted by Crippen LogP contribution is 2.35. The monoisotopic (exact) mass is 317 g/mol. The fraction of sp³-hybridized carbons (Fsp3) is 0.364. The van der Waals surface area contributed by atoms with Crippen molar-refractivity contribution in [2.45, 2.75) is 11.4 Å². The van der Waals surface area contributed by atoms with Crippen molar-refractivity contribution in [1.29, 1.82) is 0 Å². The van der Waals surface area contributed by atoms with E-state index in [1.807, 2.05) is 18.2 Å². The molecule has 17 heavy (non-hydrogen) atoms. The third-order valence-corrected chi connectivity index (χ3v) is 4.26. The predicted octanol–water partition coefficient (Wildman–Crippen LogP) is 2.25. The number of carboxylic acids is 1. The Morgan fingerprint density at radius 3 is 3.00 bits per heavy atom. The van der Waals surface area contributed by atoms with E-state index in [2.05, 4.69) is 21.2 Å². The van der Waals surface area contributed by atoms with Crippen molar-refractivity contribution < 1.29 is 14.6 Å². The number of rotatable bonds is 3. The number of halogens is 1. The Balaban J connectivity index is 2.23. The van der Waals surface area contributed by atoms with Gasteiger partial charge in [-0.2, -0.15) is 0 Å². The lowest BCUT2D eigenvalue weighted by molar-refractivity contribution is -0.137. The van der Waals surface area contributed by atoms with Gasteiger partial charge in [0.25, 0.3) is 0 Å². The Kier molecular flexibility index (Phi) is 3.96. The van der Waals surface area contributed by atoms with Crippen LogP contribution in [0.15, 0.2) is 22.7 Å². The van der Waals surface area contributed by atoms with Gasteiger partial charge in [0.1, 0.15) is 5.75 Å². The normalized spacial score (nSPS) is 23.6. The molecule has 1 aromatic carbocycles. The van der Waals surface area contributed by atoms with E-state index in [4.69, 9.17) is 9.84 Å². The molecule has 92 valence electrons. The zero-order valence-corrected chi connectivity index (χ0v) is 11.5. The molecule has 2 N–H and O–H groups in total. The van der Waals surface area contributed by atoms with E-state index in [-0.39, 0.29) is 6.04 Å². The van der Waals surface area contributed by atoms with Crippen LogP contribution in [0.25, 0.3) is 0 Å². The lowest BCUT2D eigenvalue weighted by atomic mass is 10.1. The summed E-state index contributed by atoms with van der Waals surface area (Å²) in [5.74, 6) is 0.674. The number of thioether (sulfide) groups is 1. The van der Waals surface area contributed by atoms with Gasteiger partial charge in [0.2, 0.25) is 0 Å². The molecule has 1 aromatic rings. The first-order valence-corrected chi connectivity index (χ1v) is 6.90. The Labute approximate surface area is 112 Å². The summed E-state index contributed by atoms with van der Waals surface area (Å²) in [6.07, 6.45) is 0. The molecule has 0 aliphatic carbocycles. The van der Waals surface area contributed by atoms with Crippen LogP contribution < -0.4 is 10.1 Å². The van der Waals surface area contributed by atoms with Crippen molar-refractivity contribution in [1.82, 2.24) is 5.32 Å². The molecule has 1 saturated heterocycles. The van der Waals surface area contributed by atoms with Crippen LogP contribution in [0.1, 0.15) is 11.6 Å². The second kappa shape index (κ2) is 5.29. The Hall–Kier alpha value is -0.720. The Morgan fingerprint density at radius 1 is 1.65 bits per heavy atom. The zero-order chi connectivity index (χ0) is 12.4. The van der Waals surface area contributed by atoms with Gasteiger partial charge >= 0.3 is 5.97 Å². The summed E-state index contributed by atoms with van der Waals surface area (Å²) in [6.45, 7) is 0. The molecule has 0 amide bonds. The number of hydrogen-bond acceptors (Lipinski definition) is 4. The lowest BCUT2D eigenvalue weighted by Gasteiger charge is -2.15. The smallest absolute Gasteiger partial charge is 0.331 e. The summed E-state index contributed by atoms with van der Waals surface area (Å²) in [6, 6.07) is 5.74. The van der Waals surface area contributed by atoms with Gasteiger partial charge in [-0.05, 0) is 18.2 Å². The van der Waals surface area contributed by atoms with E-state index in [0.29, 0.717) is 0 Å². The minimum atomic E-state index is -0.827. The van der Waals surface area contributed by atoms with E-state index in [0.717, 1.165) is 21.5 Å². The molecule has 2 atom stereocenters. The number of benzene rings is 1. The fourth-order valence-corrected chi connectivity index (χ4v) is 3.21. The van der Waals surface area contributed by atoms with Gasteiger partial charge in [-0.15, -0.1) is 11.8 Å². The second-order valence-corrected chi connectivity index (χ2v) is 5.71. The SMILES string of the molecule is COc1ccc(Br)cc1[C@@H]1CS[C@H](C(=O)O)N1. The van der Waals surface area contributed by atoms with Crippen LogP contribution >= 0.6 is 27.7 Å². The number of nitrogens with one attached hydrogen (secondary N) is 1. The van der Waals surface area contributed by atoms with Crippen molar-refractivity contribution in [2.24, 2.45) is 0 Å². The molecule has 1 fully saturated rings. The quantitative estimate of drug-likeness (QED) is 0.895. The number of hydrogen-bond donors (Lipinski definition) is 2. The number of methoxy groups -OCH3 is 1. The molecule has 1 aliphatic rings. The highest BCUT2D eigenvalue weighted by Gasteiger charge is 2.31. The van der Waals surface area contributed by atoms with Crippen LogP contribution in [0.5, 0.6) is 5.75 Å². The van der Waals surface area contributed by atoms with Crippen LogP contribution in [0.3, 0.4) is 0 Å². The number of carbonyl (C=O) groups is 1. The first-order valence-electron chi connectivity index (χ1n) is 5.05. The summed E-state index contributed by atoms with van der Waals surface area (Å²) in [5, 5.41) is 11.5. The lowest BCUT2D eigenvalue weighted by Crippen LogP contribution is -2.30. The van der Waals surface area contributed by atoms with Crippen LogP contribution in [0.4, 0.5) is 0 Å². The van der Waals surface area contributed by atoms with Crippen molar-refractivity contribution in [3.63, 3.8) is 0 Å². The molecular weight excluding hydrogens is 306 g/mol. The number of carboxylic acid groups (broad SMARTS) is 1. The molecule has 4 nitrogen and oxygen atoms in total. The first-order chi connectivity index (χ1) is 8.11. The molecule has 2 rings (SSSR count). The van der Waals surface area contributed by atoms with Crippen molar-refractivity contribution >= 4 is 33.7 Å². The van der Waals surface area contributed by atoms with Gasteiger partial charge in [0, 0.05) is 21.8 Å². The van der Waals surface area contributed by atoms with Gasteiger partial charge in [-0.3, -0.25) is 5.32 Å². The predicted molar refractivity (Wildman–Crippen MR) is 70.5 cm³/mol. The molecule has 0 aromatic heterocycles. The van der Waals surface area contributed by atoms with Crippen LogP contribution in [0.2, 0.25) is 0 Å². The van der Waals surface area contributed by atoms with Gasteiger partial charge in [0.05, 0.1) is 7.11 Å². The maximum atomic E-state index is 10.9. The van der Waals surface area contributed by atoms with Crippen molar-refractivity contribution in [2.75, 3.05) is 12.9 Å². The molecular formula is C11H12BrNO3S. The maximum Gasteiger partial charge on any atom is 0.331 e. The summed E-state index contributed by atoms with van der Waals surface area (Å²) in [4.78, 5) is 10.9.